The zero-order chi connectivity index (χ0) is 14.1. The summed E-state index contributed by atoms with van der Waals surface area (Å²) >= 11 is 1.11. The Kier molecular flexibility index (Phi) is 6.95. The maximum atomic E-state index is 13.3. The fourth-order valence-corrected chi connectivity index (χ4v) is 2.03. The molecule has 2 N–H and O–H groups in total. The van der Waals surface area contributed by atoms with Crippen molar-refractivity contribution < 1.29 is 14.0 Å². The molecule has 0 heterocycles. The van der Waals surface area contributed by atoms with Crippen molar-refractivity contribution in [3.63, 3.8) is 0 Å². The molecular formula is C13H17FN2O2S. The summed E-state index contributed by atoms with van der Waals surface area (Å²) in [6.45, 7) is 2.50. The van der Waals surface area contributed by atoms with Gasteiger partial charge in [-0.2, -0.15) is 0 Å². The highest BCUT2D eigenvalue weighted by Gasteiger charge is 2.07. The smallest absolute Gasteiger partial charge is 0.239 e. The van der Waals surface area contributed by atoms with Gasteiger partial charge in [-0.05, 0) is 18.6 Å². The molecule has 1 aromatic carbocycles. The number of carbonyl (C=O) groups is 2. The normalized spacial score (nSPS) is 10.0. The lowest BCUT2D eigenvalue weighted by atomic mass is 10.3. The number of hydrogen-bond donors (Lipinski definition) is 2. The van der Waals surface area contributed by atoms with E-state index in [4.69, 9.17) is 0 Å². The number of hydrogen-bond acceptors (Lipinski definition) is 3. The number of rotatable bonds is 7. The molecule has 4 nitrogen and oxygen atoms in total. The molecular weight excluding hydrogens is 267 g/mol. The molecule has 19 heavy (non-hydrogen) atoms. The van der Waals surface area contributed by atoms with E-state index in [-0.39, 0.29) is 29.9 Å². The first-order valence-electron chi connectivity index (χ1n) is 6.04. The Morgan fingerprint density at radius 2 is 1.95 bits per heavy atom. The van der Waals surface area contributed by atoms with Crippen molar-refractivity contribution in [2.45, 2.75) is 18.2 Å². The highest BCUT2D eigenvalue weighted by molar-refractivity contribution is 8.00. The number of nitrogens with one attached hydrogen (secondary N) is 2. The predicted molar refractivity (Wildman–Crippen MR) is 73.4 cm³/mol. The van der Waals surface area contributed by atoms with Crippen LogP contribution in [0.1, 0.15) is 13.3 Å². The molecule has 1 aromatic rings. The van der Waals surface area contributed by atoms with Crippen LogP contribution in [0.5, 0.6) is 0 Å². The van der Waals surface area contributed by atoms with Crippen LogP contribution >= 0.6 is 11.8 Å². The average Bonchev–Trinajstić information content (AvgIpc) is 2.42. The fraction of sp³-hybridized carbons (Fsp3) is 0.385. The van der Waals surface area contributed by atoms with E-state index in [2.05, 4.69) is 10.6 Å². The quantitative estimate of drug-likeness (QED) is 0.747. The molecule has 6 heteroatoms. The van der Waals surface area contributed by atoms with Crippen LogP contribution in [0.25, 0.3) is 0 Å². The number of halogens is 1. The maximum absolute atomic E-state index is 13.3. The third-order valence-electron chi connectivity index (χ3n) is 2.21. The Morgan fingerprint density at radius 1 is 1.21 bits per heavy atom. The summed E-state index contributed by atoms with van der Waals surface area (Å²) < 4.78 is 13.3. The van der Waals surface area contributed by atoms with Crippen LogP contribution in [0, 0.1) is 5.82 Å². The summed E-state index contributed by atoms with van der Waals surface area (Å²) in [4.78, 5) is 23.1. The first-order chi connectivity index (χ1) is 9.13. The van der Waals surface area contributed by atoms with E-state index in [0.717, 1.165) is 18.2 Å². The Balaban J connectivity index is 2.25. The van der Waals surface area contributed by atoms with Crippen LogP contribution in [0.15, 0.2) is 29.2 Å². The van der Waals surface area contributed by atoms with Gasteiger partial charge in [0.05, 0.1) is 12.3 Å². The van der Waals surface area contributed by atoms with Crippen molar-refractivity contribution in [3.05, 3.63) is 30.1 Å². The minimum atomic E-state index is -0.346. The number of thioether (sulfide) groups is 1. The van der Waals surface area contributed by atoms with Crippen LogP contribution < -0.4 is 10.6 Å². The molecule has 0 spiro atoms. The molecule has 104 valence electrons. The molecule has 1 rings (SSSR count). The Bertz CT molecular complexity index is 440. The molecule has 0 bridgehead atoms. The van der Waals surface area contributed by atoms with Crippen molar-refractivity contribution in [2.24, 2.45) is 0 Å². The van der Waals surface area contributed by atoms with Gasteiger partial charge in [0.25, 0.3) is 0 Å². The van der Waals surface area contributed by atoms with Gasteiger partial charge in [0.15, 0.2) is 0 Å². The molecule has 0 radical (unpaired) electrons. The van der Waals surface area contributed by atoms with Gasteiger partial charge in [-0.15, -0.1) is 11.8 Å². The fourth-order valence-electron chi connectivity index (χ4n) is 1.26. The van der Waals surface area contributed by atoms with Crippen molar-refractivity contribution >= 4 is 23.6 Å². The van der Waals surface area contributed by atoms with Crippen LogP contribution in [0.4, 0.5) is 4.39 Å². The standard InChI is InChI=1S/C13H17FN2O2S/c1-2-7-15-12(17)8-16-13(18)9-19-11-6-4-3-5-10(11)14/h3-6H,2,7-9H2,1H3,(H,15,17)(H,16,18). The molecule has 0 aliphatic rings. The molecule has 0 aromatic heterocycles. The van der Waals surface area contributed by atoms with E-state index in [1.54, 1.807) is 18.2 Å². The van der Waals surface area contributed by atoms with E-state index in [1.807, 2.05) is 6.92 Å². The number of carbonyl (C=O) groups excluding carboxylic acids is 2. The Morgan fingerprint density at radius 3 is 2.63 bits per heavy atom. The lowest BCUT2D eigenvalue weighted by molar-refractivity contribution is -0.124. The van der Waals surface area contributed by atoms with Crippen LogP contribution in [-0.2, 0) is 9.59 Å². The van der Waals surface area contributed by atoms with Crippen molar-refractivity contribution in [2.75, 3.05) is 18.8 Å². The summed E-state index contributed by atoms with van der Waals surface area (Å²) in [6.07, 6.45) is 0.850. The highest BCUT2D eigenvalue weighted by Crippen LogP contribution is 2.20. The van der Waals surface area contributed by atoms with Crippen molar-refractivity contribution in [1.82, 2.24) is 10.6 Å². The lowest BCUT2D eigenvalue weighted by Crippen LogP contribution is -2.37. The molecule has 0 aliphatic heterocycles. The first kappa shape index (κ1) is 15.5. The summed E-state index contributed by atoms with van der Waals surface area (Å²) in [5.74, 6) is -0.769. The zero-order valence-electron chi connectivity index (χ0n) is 10.7. The van der Waals surface area contributed by atoms with Gasteiger partial charge in [-0.1, -0.05) is 19.1 Å². The summed E-state index contributed by atoms with van der Waals surface area (Å²) in [7, 11) is 0. The molecule has 0 aliphatic carbocycles. The van der Waals surface area contributed by atoms with E-state index < -0.39 is 0 Å². The van der Waals surface area contributed by atoms with Crippen LogP contribution in [0.2, 0.25) is 0 Å². The lowest BCUT2D eigenvalue weighted by Gasteiger charge is -2.06. The second kappa shape index (κ2) is 8.53. The van der Waals surface area contributed by atoms with Gasteiger partial charge < -0.3 is 10.6 Å². The minimum Gasteiger partial charge on any atom is -0.355 e. The van der Waals surface area contributed by atoms with Crippen molar-refractivity contribution in [3.8, 4) is 0 Å². The highest BCUT2D eigenvalue weighted by atomic mass is 32.2. The van der Waals surface area contributed by atoms with Crippen LogP contribution in [-0.4, -0.2) is 30.7 Å². The summed E-state index contributed by atoms with van der Waals surface area (Å²) in [5, 5.41) is 5.14. The molecule has 0 saturated heterocycles. The van der Waals surface area contributed by atoms with Gasteiger partial charge in [0, 0.05) is 11.4 Å². The molecule has 0 fully saturated rings. The third kappa shape index (κ3) is 6.24. The molecule has 0 atom stereocenters. The third-order valence-corrected chi connectivity index (χ3v) is 3.26. The summed E-state index contributed by atoms with van der Waals surface area (Å²) in [5.41, 5.74) is 0. The van der Waals surface area contributed by atoms with Gasteiger partial charge in [-0.25, -0.2) is 4.39 Å². The first-order valence-corrected chi connectivity index (χ1v) is 7.02. The van der Waals surface area contributed by atoms with Gasteiger partial charge in [0.2, 0.25) is 11.8 Å². The second-order valence-electron chi connectivity index (χ2n) is 3.85. The van der Waals surface area contributed by atoms with E-state index in [1.165, 1.54) is 6.07 Å². The minimum absolute atomic E-state index is 0.0450. The van der Waals surface area contributed by atoms with E-state index >= 15 is 0 Å². The largest absolute Gasteiger partial charge is 0.355 e. The number of amides is 2. The van der Waals surface area contributed by atoms with Gasteiger partial charge >= 0.3 is 0 Å². The Hall–Kier alpha value is -1.56. The zero-order valence-corrected chi connectivity index (χ0v) is 11.6. The predicted octanol–water partition coefficient (Wildman–Crippen LogP) is 1.56. The summed E-state index contributed by atoms with van der Waals surface area (Å²) in [6, 6.07) is 6.26. The maximum Gasteiger partial charge on any atom is 0.239 e. The Labute approximate surface area is 116 Å². The van der Waals surface area contributed by atoms with Crippen molar-refractivity contribution in [1.29, 1.82) is 0 Å². The second-order valence-corrected chi connectivity index (χ2v) is 4.86. The molecule has 0 saturated carbocycles. The number of benzene rings is 1. The van der Waals surface area contributed by atoms with Gasteiger partial charge in [-0.3, -0.25) is 9.59 Å². The monoisotopic (exact) mass is 284 g/mol. The SMILES string of the molecule is CCCNC(=O)CNC(=O)CSc1ccccc1F. The van der Waals surface area contributed by atoms with Crippen LogP contribution in [0.3, 0.4) is 0 Å². The topological polar surface area (TPSA) is 58.2 Å². The molecule has 2 amide bonds. The average molecular weight is 284 g/mol. The van der Waals surface area contributed by atoms with Gasteiger partial charge in [0.1, 0.15) is 5.82 Å². The molecule has 0 unspecified atom stereocenters. The van der Waals surface area contributed by atoms with E-state index in [0.29, 0.717) is 11.4 Å². The van der Waals surface area contributed by atoms with E-state index in [9.17, 15) is 14.0 Å².